The van der Waals surface area contributed by atoms with Crippen molar-refractivity contribution in [2.24, 2.45) is 5.92 Å². The number of carbonyl (C=O) groups excluding carboxylic acids is 3. The number of nitrogens with zero attached hydrogens (tertiary/aromatic N) is 1. The van der Waals surface area contributed by atoms with Crippen molar-refractivity contribution in [2.75, 3.05) is 24.2 Å². The van der Waals surface area contributed by atoms with E-state index in [0.29, 0.717) is 27.0 Å². The normalized spacial score (nSPS) is 13.0. The highest BCUT2D eigenvalue weighted by Crippen LogP contribution is 2.30. The quantitative estimate of drug-likeness (QED) is 0.740. The van der Waals surface area contributed by atoms with E-state index in [1.165, 1.54) is 18.0 Å². The third-order valence-electron chi connectivity index (χ3n) is 4.26. The second-order valence-electron chi connectivity index (χ2n) is 6.68. The number of nitrogens with one attached hydrogen (secondary N) is 2. The zero-order valence-electron chi connectivity index (χ0n) is 15.2. The minimum atomic E-state index is -0.368. The number of hydrogen-bond acceptors (Lipinski definition) is 3. The Morgan fingerprint density at radius 1 is 1.00 bits per heavy atom. The first kappa shape index (κ1) is 20.2. The number of amides is 3. The van der Waals surface area contributed by atoms with Gasteiger partial charge in [-0.15, -0.1) is 0 Å². The standard InChI is InChI=1S/C20H19Cl2N3O3/c1-25(11-18(26)23-15-7-8-16(21)17(22)10-15)20(28)13-3-2-4-14(9-13)24-19(27)12-5-6-12/h2-4,7-10,12H,5-6,11H2,1H3,(H,23,26)(H,24,27). The molecule has 2 aromatic rings. The molecule has 0 aliphatic heterocycles. The maximum absolute atomic E-state index is 12.6. The van der Waals surface area contributed by atoms with E-state index in [9.17, 15) is 14.4 Å². The molecule has 0 radical (unpaired) electrons. The Hall–Kier alpha value is -2.57. The van der Waals surface area contributed by atoms with E-state index in [2.05, 4.69) is 10.6 Å². The molecular formula is C20H19Cl2N3O3. The average Bonchev–Trinajstić information content (AvgIpc) is 3.49. The van der Waals surface area contributed by atoms with Crippen LogP contribution >= 0.6 is 23.2 Å². The van der Waals surface area contributed by atoms with Crippen LogP contribution in [0.1, 0.15) is 23.2 Å². The first-order chi connectivity index (χ1) is 13.3. The summed E-state index contributed by atoms with van der Waals surface area (Å²) in [4.78, 5) is 38.0. The summed E-state index contributed by atoms with van der Waals surface area (Å²) < 4.78 is 0. The Kier molecular flexibility index (Phi) is 6.21. The van der Waals surface area contributed by atoms with Crippen LogP contribution in [-0.2, 0) is 9.59 Å². The first-order valence-corrected chi connectivity index (χ1v) is 9.50. The smallest absolute Gasteiger partial charge is 0.254 e. The van der Waals surface area contributed by atoms with E-state index in [1.54, 1.807) is 36.4 Å². The molecule has 2 N–H and O–H groups in total. The summed E-state index contributed by atoms with van der Waals surface area (Å²) in [6.45, 7) is -0.141. The van der Waals surface area contributed by atoms with E-state index < -0.39 is 0 Å². The Bertz CT molecular complexity index is 929. The molecule has 1 aliphatic rings. The van der Waals surface area contributed by atoms with Gasteiger partial charge in [0.2, 0.25) is 11.8 Å². The third-order valence-corrected chi connectivity index (χ3v) is 5.00. The number of likely N-dealkylation sites (N-methyl/N-ethyl adjacent to an activating group) is 1. The molecule has 0 heterocycles. The average molecular weight is 420 g/mol. The lowest BCUT2D eigenvalue weighted by molar-refractivity contribution is -0.117. The number of benzene rings is 2. The molecule has 0 bridgehead atoms. The van der Waals surface area contributed by atoms with Crippen molar-refractivity contribution in [1.29, 1.82) is 0 Å². The van der Waals surface area contributed by atoms with Crippen molar-refractivity contribution in [3.63, 3.8) is 0 Å². The lowest BCUT2D eigenvalue weighted by Gasteiger charge is -2.17. The lowest BCUT2D eigenvalue weighted by atomic mass is 10.1. The molecule has 146 valence electrons. The van der Waals surface area contributed by atoms with Crippen LogP contribution in [0.4, 0.5) is 11.4 Å². The maximum atomic E-state index is 12.6. The van der Waals surface area contributed by atoms with E-state index in [4.69, 9.17) is 23.2 Å². The Morgan fingerprint density at radius 3 is 2.39 bits per heavy atom. The largest absolute Gasteiger partial charge is 0.332 e. The zero-order valence-corrected chi connectivity index (χ0v) is 16.7. The molecule has 6 nitrogen and oxygen atoms in total. The molecular weight excluding hydrogens is 401 g/mol. The van der Waals surface area contributed by atoms with Gasteiger partial charge >= 0.3 is 0 Å². The van der Waals surface area contributed by atoms with Crippen LogP contribution in [0.25, 0.3) is 0 Å². The second-order valence-corrected chi connectivity index (χ2v) is 7.50. The van der Waals surface area contributed by atoms with Crippen molar-refractivity contribution in [3.8, 4) is 0 Å². The molecule has 28 heavy (non-hydrogen) atoms. The van der Waals surface area contributed by atoms with Crippen LogP contribution in [0, 0.1) is 5.92 Å². The number of rotatable bonds is 6. The second kappa shape index (κ2) is 8.63. The fourth-order valence-corrected chi connectivity index (χ4v) is 2.90. The van der Waals surface area contributed by atoms with Crippen molar-refractivity contribution in [2.45, 2.75) is 12.8 Å². The molecule has 1 fully saturated rings. The Labute approximate surface area is 172 Å². The summed E-state index contributed by atoms with van der Waals surface area (Å²) in [5.74, 6) is -0.648. The number of halogens is 2. The lowest BCUT2D eigenvalue weighted by Crippen LogP contribution is -2.35. The van der Waals surface area contributed by atoms with Gasteiger partial charge in [0.15, 0.2) is 0 Å². The van der Waals surface area contributed by atoms with Gasteiger partial charge in [-0.3, -0.25) is 14.4 Å². The number of anilines is 2. The van der Waals surface area contributed by atoms with Crippen LogP contribution < -0.4 is 10.6 Å². The topological polar surface area (TPSA) is 78.5 Å². The molecule has 0 aromatic heterocycles. The number of hydrogen-bond donors (Lipinski definition) is 2. The monoisotopic (exact) mass is 419 g/mol. The zero-order chi connectivity index (χ0) is 20.3. The minimum absolute atomic E-state index is 0.0287. The fourth-order valence-electron chi connectivity index (χ4n) is 2.60. The maximum Gasteiger partial charge on any atom is 0.254 e. The highest BCUT2D eigenvalue weighted by Gasteiger charge is 2.29. The first-order valence-electron chi connectivity index (χ1n) is 8.75. The van der Waals surface area contributed by atoms with Gasteiger partial charge in [-0.25, -0.2) is 0 Å². The Morgan fingerprint density at radius 2 is 1.71 bits per heavy atom. The molecule has 0 saturated heterocycles. The molecule has 0 atom stereocenters. The van der Waals surface area contributed by atoms with Crippen molar-refractivity contribution in [1.82, 2.24) is 4.90 Å². The van der Waals surface area contributed by atoms with Gasteiger partial charge in [-0.2, -0.15) is 0 Å². The van der Waals surface area contributed by atoms with Crippen LogP contribution in [0.3, 0.4) is 0 Å². The van der Waals surface area contributed by atoms with E-state index >= 15 is 0 Å². The van der Waals surface area contributed by atoms with Gasteiger partial charge in [0, 0.05) is 29.9 Å². The summed E-state index contributed by atoms with van der Waals surface area (Å²) >= 11 is 11.8. The summed E-state index contributed by atoms with van der Waals surface area (Å²) in [5.41, 5.74) is 1.44. The van der Waals surface area contributed by atoms with Crippen molar-refractivity contribution < 1.29 is 14.4 Å². The summed E-state index contributed by atoms with van der Waals surface area (Å²) in [6, 6.07) is 11.4. The Balaban J connectivity index is 1.59. The fraction of sp³-hybridized carbons (Fsp3) is 0.250. The van der Waals surface area contributed by atoms with Gasteiger partial charge in [0.25, 0.3) is 5.91 Å². The van der Waals surface area contributed by atoms with Crippen LogP contribution in [-0.4, -0.2) is 36.2 Å². The number of carbonyl (C=O) groups is 3. The molecule has 0 unspecified atom stereocenters. The van der Waals surface area contributed by atoms with Crippen molar-refractivity contribution in [3.05, 3.63) is 58.1 Å². The van der Waals surface area contributed by atoms with Gasteiger partial charge in [0.1, 0.15) is 0 Å². The van der Waals surface area contributed by atoms with Crippen LogP contribution in [0.5, 0.6) is 0 Å². The molecule has 3 rings (SSSR count). The molecule has 1 aliphatic carbocycles. The van der Waals surface area contributed by atoms with Crippen LogP contribution in [0.15, 0.2) is 42.5 Å². The van der Waals surface area contributed by atoms with Gasteiger partial charge in [0.05, 0.1) is 16.6 Å². The van der Waals surface area contributed by atoms with Crippen molar-refractivity contribution >= 4 is 52.3 Å². The summed E-state index contributed by atoms with van der Waals surface area (Å²) in [5, 5.41) is 6.20. The molecule has 3 amide bonds. The van der Waals surface area contributed by atoms with E-state index in [-0.39, 0.29) is 30.2 Å². The van der Waals surface area contributed by atoms with Crippen LogP contribution in [0.2, 0.25) is 10.0 Å². The SMILES string of the molecule is CN(CC(=O)Nc1ccc(Cl)c(Cl)c1)C(=O)c1cccc(NC(=O)C2CC2)c1. The third kappa shape index (κ3) is 5.24. The predicted octanol–water partition coefficient (Wildman–Crippen LogP) is 4.05. The highest BCUT2D eigenvalue weighted by atomic mass is 35.5. The highest BCUT2D eigenvalue weighted by molar-refractivity contribution is 6.42. The predicted molar refractivity (Wildman–Crippen MR) is 110 cm³/mol. The summed E-state index contributed by atoms with van der Waals surface area (Å²) in [6.07, 6.45) is 1.81. The van der Waals surface area contributed by atoms with Gasteiger partial charge in [-0.05, 0) is 49.2 Å². The van der Waals surface area contributed by atoms with Gasteiger partial charge in [-0.1, -0.05) is 29.3 Å². The molecule has 8 heteroatoms. The van der Waals surface area contributed by atoms with E-state index in [0.717, 1.165) is 12.8 Å². The van der Waals surface area contributed by atoms with E-state index in [1.807, 2.05) is 0 Å². The summed E-state index contributed by atoms with van der Waals surface area (Å²) in [7, 11) is 1.53. The molecule has 0 spiro atoms. The van der Waals surface area contributed by atoms with Gasteiger partial charge < -0.3 is 15.5 Å². The molecule has 2 aromatic carbocycles. The molecule has 1 saturated carbocycles. The minimum Gasteiger partial charge on any atom is -0.332 e.